The van der Waals surface area contributed by atoms with Crippen molar-refractivity contribution in [2.24, 2.45) is 0 Å². The molecule has 0 heterocycles. The van der Waals surface area contributed by atoms with Gasteiger partial charge in [-0.25, -0.2) is 0 Å². The van der Waals surface area contributed by atoms with E-state index in [-0.39, 0.29) is 0 Å². The second-order valence-corrected chi connectivity index (χ2v) is 6.83. The summed E-state index contributed by atoms with van der Waals surface area (Å²) < 4.78 is 15.3. The van der Waals surface area contributed by atoms with Crippen LogP contribution in [0.1, 0.15) is 19.8 Å². The highest BCUT2D eigenvalue weighted by molar-refractivity contribution is 6.69. The average Bonchev–Trinajstić information content (AvgIpc) is 2.08. The third kappa shape index (κ3) is 4.46. The lowest BCUT2D eigenvalue weighted by Gasteiger charge is -2.30. The molecule has 0 saturated carbocycles. The van der Waals surface area contributed by atoms with Gasteiger partial charge in [0, 0.05) is 6.04 Å². The molecule has 0 aliphatic heterocycles. The van der Waals surface area contributed by atoms with Crippen LogP contribution < -0.4 is 0 Å². The molecule has 0 unspecified atom stereocenters. The molecule has 0 atom stereocenters. The molecule has 56 valence electrons. The van der Waals surface area contributed by atoms with Crippen LogP contribution in [0.25, 0.3) is 0 Å². The summed E-state index contributed by atoms with van der Waals surface area (Å²) in [5, 5.41) is 0. The van der Waals surface area contributed by atoms with Crippen LogP contribution in [0.4, 0.5) is 0 Å². The molecule has 0 fully saturated rings. The molecule has 0 aromatic carbocycles. The summed E-state index contributed by atoms with van der Waals surface area (Å²) in [5.41, 5.74) is 0. The van der Waals surface area contributed by atoms with E-state index in [0.29, 0.717) is 0 Å². The Morgan fingerprint density at radius 1 is 1.09 bits per heavy atom. The molecule has 0 aliphatic carbocycles. The molecule has 0 spiro atoms. The summed E-state index contributed by atoms with van der Waals surface area (Å²) in [7, 11) is -2.35. The summed E-state index contributed by atoms with van der Waals surface area (Å²) in [6.07, 6.45) is 2.17. The van der Waals surface area contributed by atoms with Crippen molar-refractivity contribution in [2.45, 2.75) is 25.8 Å². The standard InChI is InChI=1S/C4H9O3Si.3Al/c1-2-3-4-8(5,6)7;;;/h2-4H2,1H3;;;/q-3;3*+1. The minimum Gasteiger partial charge on any atom is -0.520 e. The molecule has 0 bridgehead atoms. The Labute approximate surface area is 94.4 Å². The maximum Gasteiger partial charge on any atom is 0.410 e. The first kappa shape index (κ1) is 12.7. The van der Waals surface area contributed by atoms with E-state index in [4.69, 9.17) is 10.4 Å². The zero-order valence-electron chi connectivity index (χ0n) is 6.58. The molecule has 11 heavy (non-hydrogen) atoms. The van der Waals surface area contributed by atoms with Crippen molar-refractivity contribution in [3.05, 3.63) is 0 Å². The molecule has 0 aromatic rings. The monoisotopic (exact) mass is 214 g/mol. The molecular weight excluding hydrogens is 205 g/mol. The van der Waals surface area contributed by atoms with Crippen LogP contribution in [0, 0.1) is 0 Å². The summed E-state index contributed by atoms with van der Waals surface area (Å²) in [5.74, 6) is 0. The van der Waals surface area contributed by atoms with Crippen LogP contribution >= 0.6 is 0 Å². The van der Waals surface area contributed by atoms with Crippen LogP contribution in [-0.2, 0) is 10.4 Å². The van der Waals surface area contributed by atoms with Crippen molar-refractivity contribution in [2.75, 3.05) is 0 Å². The Hall–Kier alpha value is 1.69. The largest absolute Gasteiger partial charge is 0.520 e. The fraction of sp³-hybridized carbons (Fsp3) is 1.00. The number of hydrogen-bond acceptors (Lipinski definition) is 3. The summed E-state index contributed by atoms with van der Waals surface area (Å²) in [4.78, 5) is 0. The van der Waals surface area contributed by atoms with Crippen molar-refractivity contribution in [1.29, 1.82) is 0 Å². The lowest BCUT2D eigenvalue weighted by Crippen LogP contribution is -2.43. The Balaban J connectivity index is 3.84. The van der Waals surface area contributed by atoms with Crippen molar-refractivity contribution in [3.63, 3.8) is 0 Å². The summed E-state index contributed by atoms with van der Waals surface area (Å²) >= 11 is 6.58. The van der Waals surface area contributed by atoms with Gasteiger partial charge in [-0.15, -0.1) is 0 Å². The van der Waals surface area contributed by atoms with Crippen LogP contribution in [-0.4, -0.2) is 58.7 Å². The molecule has 0 aromatic heterocycles. The Bertz CT molecular complexity index is 92.3. The molecule has 0 aliphatic rings. The van der Waals surface area contributed by atoms with Crippen molar-refractivity contribution >= 4 is 58.7 Å². The number of rotatable bonds is 6. The van der Waals surface area contributed by atoms with Crippen LogP contribution in [0.15, 0.2) is 0 Å². The molecule has 0 rings (SSSR count). The van der Waals surface area contributed by atoms with Gasteiger partial charge in [-0.05, 0) is 6.42 Å². The fourth-order valence-electron chi connectivity index (χ4n) is 0.653. The Kier molecular flexibility index (Phi) is 8.23. The molecule has 7 heteroatoms. The third-order valence-electron chi connectivity index (χ3n) is 1.38. The van der Waals surface area contributed by atoms with Gasteiger partial charge in [0.25, 0.3) is 0 Å². The van der Waals surface area contributed by atoms with Gasteiger partial charge < -0.3 is 10.4 Å². The molecule has 0 N–H and O–H groups in total. The lowest BCUT2D eigenvalue weighted by atomic mass is 10.4. The van der Waals surface area contributed by atoms with Crippen molar-refractivity contribution in [1.82, 2.24) is 0 Å². The highest BCUT2D eigenvalue weighted by atomic mass is 28.4. The van der Waals surface area contributed by atoms with Gasteiger partial charge >= 0.3 is 58.7 Å². The first-order chi connectivity index (χ1) is 5.24. The zero-order chi connectivity index (χ0) is 8.74. The predicted octanol–water partition coefficient (Wildman–Crippen LogP) is 0.0257. The summed E-state index contributed by atoms with van der Waals surface area (Å²) in [6.45, 7) is 2.12. The van der Waals surface area contributed by atoms with Gasteiger partial charge in [-0.2, -0.15) is 0 Å². The van der Waals surface area contributed by atoms with E-state index in [1.54, 1.807) is 0 Å². The van der Waals surface area contributed by atoms with Crippen molar-refractivity contribution in [3.8, 4) is 0 Å². The first-order valence-electron chi connectivity index (χ1n) is 3.38. The SMILES string of the molecule is CCCC[Si]([O][Al])([O][Al])[O][Al]. The minimum atomic E-state index is -2.35. The predicted molar refractivity (Wildman–Crippen MR) is 46.0 cm³/mol. The highest BCUT2D eigenvalue weighted by Gasteiger charge is 2.30. The zero-order valence-corrected chi connectivity index (χ0v) is 11.0. The maximum absolute atomic E-state index is 5.11. The number of hydrogen-bond donors (Lipinski definition) is 0. The lowest BCUT2D eigenvalue weighted by molar-refractivity contribution is 0.292. The van der Waals surface area contributed by atoms with E-state index < -0.39 is 8.80 Å². The second-order valence-electron chi connectivity index (χ2n) is 2.14. The highest BCUT2D eigenvalue weighted by Crippen LogP contribution is 2.14. The Morgan fingerprint density at radius 3 is 1.82 bits per heavy atom. The normalized spacial score (nSPS) is 11.7. The molecule has 0 amide bonds. The van der Waals surface area contributed by atoms with E-state index in [1.165, 1.54) is 0 Å². The second kappa shape index (κ2) is 7.13. The van der Waals surface area contributed by atoms with Crippen LogP contribution in [0.5, 0.6) is 0 Å². The number of unbranched alkanes of at least 4 members (excludes halogenated alkanes) is 1. The van der Waals surface area contributed by atoms with E-state index in [1.807, 2.05) is 0 Å². The van der Waals surface area contributed by atoms with Gasteiger partial charge in [0.05, 0.1) is 0 Å². The van der Waals surface area contributed by atoms with Crippen LogP contribution in [0.2, 0.25) is 6.04 Å². The Morgan fingerprint density at radius 2 is 1.55 bits per heavy atom. The van der Waals surface area contributed by atoms with Crippen LogP contribution in [0.3, 0.4) is 0 Å². The first-order valence-corrected chi connectivity index (χ1v) is 6.73. The summed E-state index contributed by atoms with van der Waals surface area (Å²) in [6, 6.07) is 0.847. The van der Waals surface area contributed by atoms with Gasteiger partial charge in [-0.1, -0.05) is 13.3 Å². The maximum atomic E-state index is 5.11. The van der Waals surface area contributed by atoms with E-state index in [2.05, 4.69) is 56.8 Å². The fourth-order valence-corrected chi connectivity index (χ4v) is 5.02. The smallest absolute Gasteiger partial charge is 0.410 e. The van der Waals surface area contributed by atoms with Gasteiger partial charge in [0.15, 0.2) is 0 Å². The van der Waals surface area contributed by atoms with E-state index in [0.717, 1.165) is 18.9 Å². The van der Waals surface area contributed by atoms with Gasteiger partial charge in [0.1, 0.15) is 0 Å². The van der Waals surface area contributed by atoms with Gasteiger partial charge in [0.2, 0.25) is 0 Å². The van der Waals surface area contributed by atoms with E-state index >= 15 is 0 Å². The molecular formula is C4H9Al3O3Si. The average molecular weight is 214 g/mol. The van der Waals surface area contributed by atoms with E-state index in [9.17, 15) is 0 Å². The molecule has 6 radical (unpaired) electrons. The molecule has 3 nitrogen and oxygen atoms in total. The minimum absolute atomic E-state index is 0.847. The molecule has 0 saturated heterocycles. The quantitative estimate of drug-likeness (QED) is 0.584. The van der Waals surface area contributed by atoms with Crippen molar-refractivity contribution < 1.29 is 10.4 Å². The third-order valence-corrected chi connectivity index (χ3v) is 6.65. The topological polar surface area (TPSA) is 27.7 Å². The van der Waals surface area contributed by atoms with Gasteiger partial charge in [-0.3, -0.25) is 0 Å².